The number of carbonyl (C=O) groups excluding carboxylic acids is 2. The normalized spacial score (nSPS) is 10.7. The van der Waals surface area contributed by atoms with Crippen LogP contribution < -0.4 is 10.1 Å². The maximum atomic E-state index is 12.7. The van der Waals surface area contributed by atoms with Crippen molar-refractivity contribution in [1.29, 1.82) is 0 Å². The Morgan fingerprint density at radius 3 is 2.38 bits per heavy atom. The molecule has 0 radical (unpaired) electrons. The van der Waals surface area contributed by atoms with Crippen LogP contribution in [0.2, 0.25) is 0 Å². The van der Waals surface area contributed by atoms with Gasteiger partial charge in [0, 0.05) is 26.8 Å². The zero-order valence-electron chi connectivity index (χ0n) is 19.3. The number of rotatable bonds is 8. The minimum atomic E-state index is -0.436. The van der Waals surface area contributed by atoms with E-state index in [2.05, 4.69) is 27.6 Å². The lowest BCUT2D eigenvalue weighted by Gasteiger charge is -2.13. The fourth-order valence-electron chi connectivity index (χ4n) is 3.41. The van der Waals surface area contributed by atoms with E-state index in [1.807, 2.05) is 49.4 Å². The van der Waals surface area contributed by atoms with E-state index in [9.17, 15) is 9.59 Å². The molecule has 0 unspecified atom stereocenters. The predicted molar refractivity (Wildman–Crippen MR) is 129 cm³/mol. The summed E-state index contributed by atoms with van der Waals surface area (Å²) in [6, 6.07) is 19.5. The Balaban J connectivity index is 1.39. The number of amides is 2. The summed E-state index contributed by atoms with van der Waals surface area (Å²) in [5.74, 6) is 0.0151. The molecule has 2 amide bonds. The molecule has 9 nitrogen and oxygen atoms in total. The Morgan fingerprint density at radius 1 is 1.00 bits per heavy atom. The second-order valence-electron chi connectivity index (χ2n) is 7.78. The summed E-state index contributed by atoms with van der Waals surface area (Å²) in [6.07, 6.45) is 3.13. The largest absolute Gasteiger partial charge is 0.471 e. The molecule has 0 aliphatic rings. The van der Waals surface area contributed by atoms with Crippen LogP contribution in [0.1, 0.15) is 27.9 Å². The zero-order valence-corrected chi connectivity index (χ0v) is 19.3. The van der Waals surface area contributed by atoms with E-state index >= 15 is 0 Å². The van der Waals surface area contributed by atoms with Gasteiger partial charge in [0.25, 0.3) is 11.8 Å². The molecule has 2 aromatic carbocycles. The van der Waals surface area contributed by atoms with Gasteiger partial charge in [-0.25, -0.2) is 4.68 Å². The Labute approximate surface area is 197 Å². The molecule has 0 fully saturated rings. The highest BCUT2D eigenvalue weighted by Gasteiger charge is 2.22. The maximum Gasteiger partial charge on any atom is 0.276 e. The van der Waals surface area contributed by atoms with E-state index in [-0.39, 0.29) is 18.3 Å². The van der Waals surface area contributed by atoms with Crippen LogP contribution in [0.25, 0.3) is 11.1 Å². The molecule has 0 bridgehead atoms. The van der Waals surface area contributed by atoms with Gasteiger partial charge < -0.3 is 15.0 Å². The number of hydrogen-bond donors (Lipinski definition) is 1. The second kappa shape index (κ2) is 10.0. The number of aromatic nitrogens is 4. The van der Waals surface area contributed by atoms with E-state index in [1.54, 1.807) is 31.0 Å². The molecule has 2 aromatic heterocycles. The molecule has 0 saturated heterocycles. The van der Waals surface area contributed by atoms with E-state index in [0.29, 0.717) is 23.7 Å². The first-order valence-electron chi connectivity index (χ1n) is 10.9. The second-order valence-corrected chi connectivity index (χ2v) is 7.78. The fraction of sp³-hybridized carbons (Fsp3) is 0.200. The van der Waals surface area contributed by atoms with Crippen molar-refractivity contribution in [3.05, 3.63) is 84.4 Å². The van der Waals surface area contributed by atoms with Crippen LogP contribution in [-0.4, -0.2) is 50.4 Å². The summed E-state index contributed by atoms with van der Waals surface area (Å²) in [6.45, 7) is 2.53. The van der Waals surface area contributed by atoms with Gasteiger partial charge in [-0.05, 0) is 36.2 Å². The number of nitrogens with zero attached hydrogens (tertiary/aromatic N) is 5. The summed E-state index contributed by atoms with van der Waals surface area (Å²) < 4.78 is 8.87. The van der Waals surface area contributed by atoms with Crippen molar-refractivity contribution < 1.29 is 14.3 Å². The third-order valence-electron chi connectivity index (χ3n) is 5.19. The number of hydrogen-bond acceptors (Lipinski definition) is 5. The smallest absolute Gasteiger partial charge is 0.276 e. The summed E-state index contributed by atoms with van der Waals surface area (Å²) in [5.41, 5.74) is 3.11. The predicted octanol–water partition coefficient (Wildman–Crippen LogP) is 3.76. The van der Waals surface area contributed by atoms with Crippen molar-refractivity contribution >= 4 is 17.5 Å². The van der Waals surface area contributed by atoms with Gasteiger partial charge in [-0.3, -0.25) is 14.3 Å². The quantitative estimate of drug-likeness (QED) is 0.434. The Hall–Kier alpha value is -4.40. The van der Waals surface area contributed by atoms with Gasteiger partial charge in [0.15, 0.2) is 12.4 Å². The van der Waals surface area contributed by atoms with Crippen LogP contribution in [-0.2, 0) is 13.3 Å². The molecular formula is C25H26N6O3. The van der Waals surface area contributed by atoms with Crippen LogP contribution in [0, 0.1) is 0 Å². The minimum Gasteiger partial charge on any atom is -0.471 e. The first-order valence-corrected chi connectivity index (χ1v) is 10.9. The first kappa shape index (κ1) is 22.8. The molecule has 1 N–H and O–H groups in total. The molecule has 174 valence electrons. The molecule has 0 spiro atoms. The lowest BCUT2D eigenvalue weighted by atomic mass is 10.1. The lowest BCUT2D eigenvalue weighted by molar-refractivity contribution is 0.0816. The SMILES string of the molecule is CCn1ncc(NC(=O)c2ccn(COc3ccc(-c4ccccc4)cc3)n2)c1C(=O)N(C)C. The van der Waals surface area contributed by atoms with Gasteiger partial charge in [-0.15, -0.1) is 0 Å². The van der Waals surface area contributed by atoms with Gasteiger partial charge in [0.2, 0.25) is 0 Å². The van der Waals surface area contributed by atoms with E-state index in [4.69, 9.17) is 4.74 Å². The molecule has 0 aliphatic heterocycles. The molecule has 34 heavy (non-hydrogen) atoms. The number of nitrogens with one attached hydrogen (secondary N) is 1. The fourth-order valence-corrected chi connectivity index (χ4v) is 3.41. The monoisotopic (exact) mass is 458 g/mol. The summed E-state index contributed by atoms with van der Waals surface area (Å²) >= 11 is 0. The molecule has 0 aliphatic carbocycles. The Bertz CT molecular complexity index is 1280. The number of aryl methyl sites for hydroxylation is 1. The highest BCUT2D eigenvalue weighted by Crippen LogP contribution is 2.22. The van der Waals surface area contributed by atoms with Gasteiger partial charge in [-0.1, -0.05) is 42.5 Å². The van der Waals surface area contributed by atoms with Gasteiger partial charge in [0.05, 0.1) is 11.9 Å². The minimum absolute atomic E-state index is 0.149. The Kier molecular flexibility index (Phi) is 6.72. The number of ether oxygens (including phenoxy) is 1. The van der Waals surface area contributed by atoms with Crippen molar-refractivity contribution in [1.82, 2.24) is 24.5 Å². The molecule has 4 aromatic rings. The molecule has 2 heterocycles. The van der Waals surface area contributed by atoms with Crippen LogP contribution in [0.15, 0.2) is 73.1 Å². The van der Waals surface area contributed by atoms with Crippen LogP contribution >= 0.6 is 0 Å². The van der Waals surface area contributed by atoms with Gasteiger partial charge in [-0.2, -0.15) is 10.2 Å². The van der Waals surface area contributed by atoms with Crippen LogP contribution in [0.4, 0.5) is 5.69 Å². The van der Waals surface area contributed by atoms with Crippen molar-refractivity contribution in [2.24, 2.45) is 0 Å². The van der Waals surface area contributed by atoms with Crippen LogP contribution in [0.3, 0.4) is 0 Å². The number of benzene rings is 2. The number of anilines is 1. The topological polar surface area (TPSA) is 94.3 Å². The van der Waals surface area contributed by atoms with E-state index in [1.165, 1.54) is 15.8 Å². The van der Waals surface area contributed by atoms with Crippen molar-refractivity contribution in [3.8, 4) is 16.9 Å². The summed E-state index contributed by atoms with van der Waals surface area (Å²) in [4.78, 5) is 26.7. The van der Waals surface area contributed by atoms with Gasteiger partial charge >= 0.3 is 0 Å². The third-order valence-corrected chi connectivity index (χ3v) is 5.19. The summed E-state index contributed by atoms with van der Waals surface area (Å²) in [5, 5.41) is 11.2. The summed E-state index contributed by atoms with van der Waals surface area (Å²) in [7, 11) is 3.30. The average molecular weight is 459 g/mol. The number of carbonyl (C=O) groups is 2. The standard InChI is InChI=1S/C25H26N6O3/c1-4-31-23(25(33)29(2)3)22(16-26-31)27-24(32)21-14-15-30(28-21)17-34-20-12-10-19(11-13-20)18-8-6-5-7-9-18/h5-16H,4,17H2,1-3H3,(H,27,32). The van der Waals surface area contributed by atoms with Crippen molar-refractivity contribution in [3.63, 3.8) is 0 Å². The van der Waals surface area contributed by atoms with E-state index < -0.39 is 5.91 Å². The van der Waals surface area contributed by atoms with Crippen molar-refractivity contribution in [2.45, 2.75) is 20.2 Å². The highest BCUT2D eigenvalue weighted by molar-refractivity contribution is 6.07. The lowest BCUT2D eigenvalue weighted by Crippen LogP contribution is -2.26. The molecular weight excluding hydrogens is 432 g/mol. The zero-order chi connectivity index (χ0) is 24.1. The maximum absolute atomic E-state index is 12.7. The highest BCUT2D eigenvalue weighted by atomic mass is 16.5. The van der Waals surface area contributed by atoms with E-state index in [0.717, 1.165) is 11.1 Å². The molecule has 0 atom stereocenters. The molecule has 4 rings (SSSR count). The molecule has 0 saturated carbocycles. The van der Waals surface area contributed by atoms with Crippen LogP contribution in [0.5, 0.6) is 5.75 Å². The third kappa shape index (κ3) is 4.98. The molecule has 9 heteroatoms. The van der Waals surface area contributed by atoms with Crippen molar-refractivity contribution in [2.75, 3.05) is 19.4 Å². The van der Waals surface area contributed by atoms with Gasteiger partial charge in [0.1, 0.15) is 11.4 Å². The Morgan fingerprint density at radius 2 is 1.71 bits per heavy atom. The average Bonchev–Trinajstić information content (AvgIpc) is 3.50. The first-order chi connectivity index (χ1) is 16.5.